The molecule has 1 aromatic rings. The smallest absolute Gasteiger partial charge is 0.244 e. The van der Waals surface area contributed by atoms with Crippen molar-refractivity contribution in [1.29, 1.82) is 5.26 Å². The third-order valence-electron chi connectivity index (χ3n) is 3.76. The summed E-state index contributed by atoms with van der Waals surface area (Å²) in [4.78, 5) is 3.86. The maximum Gasteiger partial charge on any atom is 0.245 e. The van der Waals surface area contributed by atoms with E-state index in [0.717, 1.165) is 25.7 Å². The van der Waals surface area contributed by atoms with Gasteiger partial charge in [0, 0.05) is 19.3 Å². The highest BCUT2D eigenvalue weighted by Crippen LogP contribution is 2.26. The highest BCUT2D eigenvalue weighted by Gasteiger charge is 2.31. The van der Waals surface area contributed by atoms with Crippen molar-refractivity contribution in [2.75, 3.05) is 13.1 Å². The number of nitrogens with zero attached hydrogens (tertiary/aromatic N) is 3. The van der Waals surface area contributed by atoms with Crippen LogP contribution in [0, 0.1) is 17.2 Å². The normalized spacial score (nSPS) is 17.8. The lowest BCUT2D eigenvalue weighted by atomic mass is 9.94. The molecule has 5 nitrogen and oxygen atoms in total. The highest BCUT2D eigenvalue weighted by atomic mass is 32.2. The standard InChI is InChI=1S/C14H19N3O2S/c1-2-4-12-6-9-17(10-7-12)20(18,19)14-5-3-8-16-13(14)11-15/h3,5,8,12H,2,4,6-7,9-10H2,1H3. The Morgan fingerprint density at radius 1 is 1.45 bits per heavy atom. The van der Waals surface area contributed by atoms with E-state index >= 15 is 0 Å². The summed E-state index contributed by atoms with van der Waals surface area (Å²) in [5.74, 6) is 0.621. The number of sulfonamides is 1. The van der Waals surface area contributed by atoms with E-state index in [9.17, 15) is 8.42 Å². The maximum atomic E-state index is 12.6. The summed E-state index contributed by atoms with van der Waals surface area (Å²) >= 11 is 0. The average Bonchev–Trinajstić information content (AvgIpc) is 2.48. The minimum absolute atomic E-state index is 0.0245. The van der Waals surface area contributed by atoms with E-state index in [1.807, 2.05) is 6.07 Å². The quantitative estimate of drug-likeness (QED) is 0.852. The van der Waals surface area contributed by atoms with Crippen molar-refractivity contribution < 1.29 is 8.42 Å². The lowest BCUT2D eigenvalue weighted by Gasteiger charge is -2.31. The lowest BCUT2D eigenvalue weighted by molar-refractivity contribution is 0.262. The number of hydrogen-bond acceptors (Lipinski definition) is 4. The van der Waals surface area contributed by atoms with Crippen LogP contribution in [0.1, 0.15) is 38.3 Å². The Morgan fingerprint density at radius 3 is 2.75 bits per heavy atom. The molecule has 20 heavy (non-hydrogen) atoms. The molecule has 0 atom stereocenters. The van der Waals surface area contributed by atoms with Gasteiger partial charge in [-0.25, -0.2) is 13.4 Å². The van der Waals surface area contributed by atoms with Crippen molar-refractivity contribution in [1.82, 2.24) is 9.29 Å². The molecule has 2 rings (SSSR count). The first-order valence-electron chi connectivity index (χ1n) is 6.95. The van der Waals surface area contributed by atoms with Crippen LogP contribution in [0.2, 0.25) is 0 Å². The third-order valence-corrected chi connectivity index (χ3v) is 5.70. The first-order chi connectivity index (χ1) is 9.59. The van der Waals surface area contributed by atoms with Gasteiger partial charge in [-0.1, -0.05) is 19.8 Å². The Labute approximate surface area is 120 Å². The summed E-state index contributed by atoms with van der Waals surface area (Å²) < 4.78 is 26.6. The van der Waals surface area contributed by atoms with Gasteiger partial charge in [-0.15, -0.1) is 0 Å². The van der Waals surface area contributed by atoms with Gasteiger partial charge in [0.2, 0.25) is 10.0 Å². The van der Waals surface area contributed by atoms with Gasteiger partial charge < -0.3 is 0 Å². The van der Waals surface area contributed by atoms with Gasteiger partial charge in [-0.05, 0) is 30.9 Å². The number of hydrogen-bond donors (Lipinski definition) is 0. The zero-order chi connectivity index (χ0) is 14.6. The van der Waals surface area contributed by atoms with Crippen LogP contribution in [0.4, 0.5) is 0 Å². The number of rotatable bonds is 4. The Morgan fingerprint density at radius 2 is 2.15 bits per heavy atom. The monoisotopic (exact) mass is 293 g/mol. The molecule has 1 aliphatic heterocycles. The van der Waals surface area contributed by atoms with E-state index in [1.165, 1.54) is 16.6 Å². The highest BCUT2D eigenvalue weighted by molar-refractivity contribution is 7.89. The second kappa shape index (κ2) is 6.33. The van der Waals surface area contributed by atoms with Crippen LogP contribution in [0.25, 0.3) is 0 Å². The molecule has 108 valence electrons. The SMILES string of the molecule is CCCC1CCN(S(=O)(=O)c2cccnc2C#N)CC1. The number of aromatic nitrogens is 1. The predicted molar refractivity (Wildman–Crippen MR) is 75.3 cm³/mol. The molecule has 0 unspecified atom stereocenters. The molecule has 2 heterocycles. The van der Waals surface area contributed by atoms with Crippen LogP contribution in [-0.4, -0.2) is 30.8 Å². The number of piperidine rings is 1. The average molecular weight is 293 g/mol. The van der Waals surface area contributed by atoms with Gasteiger partial charge in [0.1, 0.15) is 11.0 Å². The Bertz CT molecular complexity index is 599. The molecule has 0 aliphatic carbocycles. The van der Waals surface area contributed by atoms with Gasteiger partial charge >= 0.3 is 0 Å². The Hall–Kier alpha value is -1.45. The van der Waals surface area contributed by atoms with Gasteiger partial charge in [-0.2, -0.15) is 9.57 Å². The third kappa shape index (κ3) is 3.00. The van der Waals surface area contributed by atoms with Crippen LogP contribution >= 0.6 is 0 Å². The van der Waals surface area contributed by atoms with E-state index < -0.39 is 10.0 Å². The molecular formula is C14H19N3O2S. The van der Waals surface area contributed by atoms with E-state index in [4.69, 9.17) is 5.26 Å². The molecule has 0 amide bonds. The summed E-state index contributed by atoms with van der Waals surface area (Å²) in [5.41, 5.74) is -0.0248. The summed E-state index contributed by atoms with van der Waals surface area (Å²) in [6.45, 7) is 3.22. The predicted octanol–water partition coefficient (Wildman–Crippen LogP) is 2.15. The fourth-order valence-electron chi connectivity index (χ4n) is 2.67. The van der Waals surface area contributed by atoms with Crippen LogP contribution in [0.15, 0.2) is 23.2 Å². The fourth-order valence-corrected chi connectivity index (χ4v) is 4.23. The topological polar surface area (TPSA) is 74.1 Å². The molecular weight excluding hydrogens is 274 g/mol. The molecule has 0 bridgehead atoms. The van der Waals surface area contributed by atoms with E-state index in [-0.39, 0.29) is 10.6 Å². The Balaban J connectivity index is 2.18. The molecule has 1 aliphatic rings. The molecule has 0 saturated carbocycles. The fraction of sp³-hybridized carbons (Fsp3) is 0.571. The molecule has 0 radical (unpaired) electrons. The largest absolute Gasteiger partial charge is 0.245 e. The molecule has 0 spiro atoms. The summed E-state index contributed by atoms with van der Waals surface area (Å²) in [5, 5.41) is 9.00. The summed E-state index contributed by atoms with van der Waals surface area (Å²) in [6.07, 6.45) is 5.53. The van der Waals surface area contributed by atoms with Gasteiger partial charge in [0.15, 0.2) is 5.69 Å². The molecule has 1 fully saturated rings. The van der Waals surface area contributed by atoms with Crippen LogP contribution in [-0.2, 0) is 10.0 Å². The van der Waals surface area contributed by atoms with Gasteiger partial charge in [0.05, 0.1) is 0 Å². The minimum Gasteiger partial charge on any atom is -0.244 e. The van der Waals surface area contributed by atoms with Crippen LogP contribution in [0.3, 0.4) is 0 Å². The molecule has 1 aromatic heterocycles. The number of pyridine rings is 1. The van der Waals surface area contributed by atoms with Crippen molar-refractivity contribution in [3.8, 4) is 6.07 Å². The summed E-state index contributed by atoms with van der Waals surface area (Å²) in [6, 6.07) is 4.86. The van der Waals surface area contributed by atoms with Crippen molar-refractivity contribution in [3.63, 3.8) is 0 Å². The van der Waals surface area contributed by atoms with E-state index in [0.29, 0.717) is 19.0 Å². The Kier molecular flexibility index (Phi) is 4.73. The van der Waals surface area contributed by atoms with Gasteiger partial charge in [-0.3, -0.25) is 0 Å². The molecule has 6 heteroatoms. The zero-order valence-corrected chi connectivity index (χ0v) is 12.4. The van der Waals surface area contributed by atoms with Crippen molar-refractivity contribution in [2.45, 2.75) is 37.5 Å². The first kappa shape index (κ1) is 14.9. The summed E-state index contributed by atoms with van der Waals surface area (Å²) in [7, 11) is -3.59. The van der Waals surface area contributed by atoms with Crippen molar-refractivity contribution in [2.24, 2.45) is 5.92 Å². The maximum absolute atomic E-state index is 12.6. The van der Waals surface area contributed by atoms with Gasteiger partial charge in [0.25, 0.3) is 0 Å². The number of nitriles is 1. The lowest BCUT2D eigenvalue weighted by Crippen LogP contribution is -2.38. The van der Waals surface area contributed by atoms with E-state index in [1.54, 1.807) is 6.07 Å². The second-order valence-corrected chi connectivity index (χ2v) is 7.00. The first-order valence-corrected chi connectivity index (χ1v) is 8.39. The molecule has 0 N–H and O–H groups in total. The minimum atomic E-state index is -3.59. The molecule has 1 saturated heterocycles. The zero-order valence-electron chi connectivity index (χ0n) is 11.6. The van der Waals surface area contributed by atoms with Crippen molar-refractivity contribution in [3.05, 3.63) is 24.0 Å². The van der Waals surface area contributed by atoms with E-state index in [2.05, 4.69) is 11.9 Å². The van der Waals surface area contributed by atoms with Crippen LogP contribution < -0.4 is 0 Å². The molecule has 0 aromatic carbocycles. The van der Waals surface area contributed by atoms with Crippen molar-refractivity contribution >= 4 is 10.0 Å². The second-order valence-electron chi connectivity index (χ2n) is 5.10. The van der Waals surface area contributed by atoms with Crippen LogP contribution in [0.5, 0.6) is 0 Å².